The molecule has 6 rings (SSSR count). The van der Waals surface area contributed by atoms with Crippen LogP contribution in [0.3, 0.4) is 0 Å². The van der Waals surface area contributed by atoms with Crippen LogP contribution < -0.4 is 0 Å². The SMILES string of the molecule is O=C(OCC(=O)N1N=C2/C(=C\c3cccs3)CCC[C@@H]2[C@@H]1c1cccs1)C1C[C@H]2CCC[C@@H](C1)C2=O. The highest BCUT2D eigenvalue weighted by Crippen LogP contribution is 2.46. The van der Waals surface area contributed by atoms with Crippen LogP contribution in [0.5, 0.6) is 0 Å². The van der Waals surface area contributed by atoms with E-state index in [4.69, 9.17) is 9.84 Å². The number of hydrogen-bond donors (Lipinski definition) is 0. The summed E-state index contributed by atoms with van der Waals surface area (Å²) >= 11 is 3.33. The first kappa shape index (κ1) is 23.8. The second-order valence-electron chi connectivity index (χ2n) is 10.4. The molecule has 8 heteroatoms. The Hall–Kier alpha value is -2.58. The van der Waals surface area contributed by atoms with Crippen molar-refractivity contribution < 1.29 is 19.1 Å². The van der Waals surface area contributed by atoms with E-state index in [1.807, 2.05) is 17.5 Å². The van der Waals surface area contributed by atoms with Gasteiger partial charge in [0.25, 0.3) is 5.91 Å². The van der Waals surface area contributed by atoms with Gasteiger partial charge in [-0.05, 0) is 79.5 Å². The van der Waals surface area contributed by atoms with Crippen LogP contribution >= 0.6 is 22.7 Å². The molecule has 6 nitrogen and oxygen atoms in total. The van der Waals surface area contributed by atoms with Gasteiger partial charge in [-0.25, -0.2) is 5.01 Å². The van der Waals surface area contributed by atoms with Gasteiger partial charge < -0.3 is 4.74 Å². The fourth-order valence-corrected chi connectivity index (χ4v) is 8.04. The first-order valence-electron chi connectivity index (χ1n) is 13.0. The van der Waals surface area contributed by atoms with Gasteiger partial charge >= 0.3 is 5.97 Å². The number of carbonyl (C=O) groups excluding carboxylic acids is 3. The summed E-state index contributed by atoms with van der Waals surface area (Å²) in [5, 5.41) is 10.5. The van der Waals surface area contributed by atoms with Crippen molar-refractivity contribution in [3.8, 4) is 0 Å². The summed E-state index contributed by atoms with van der Waals surface area (Å²) in [6, 6.07) is 8.05. The number of nitrogens with zero attached hydrogens (tertiary/aromatic N) is 2. The minimum absolute atomic E-state index is 0.0179. The molecule has 3 heterocycles. The molecule has 36 heavy (non-hydrogen) atoms. The van der Waals surface area contributed by atoms with Crippen molar-refractivity contribution in [2.75, 3.05) is 6.61 Å². The fourth-order valence-electron chi connectivity index (χ4n) is 6.48. The predicted molar refractivity (Wildman–Crippen MR) is 140 cm³/mol. The number of amides is 1. The van der Waals surface area contributed by atoms with Crippen LogP contribution in [-0.4, -0.2) is 35.0 Å². The van der Waals surface area contributed by atoms with Gasteiger partial charge in [-0.15, -0.1) is 22.7 Å². The Labute approximate surface area is 219 Å². The van der Waals surface area contributed by atoms with E-state index in [1.54, 1.807) is 27.7 Å². The van der Waals surface area contributed by atoms with E-state index in [2.05, 4.69) is 23.6 Å². The second-order valence-corrected chi connectivity index (χ2v) is 12.3. The summed E-state index contributed by atoms with van der Waals surface area (Å²) in [5.74, 6) is -0.485. The van der Waals surface area contributed by atoms with Crippen LogP contribution in [0, 0.1) is 23.7 Å². The van der Waals surface area contributed by atoms with Crippen molar-refractivity contribution in [2.45, 2.75) is 57.4 Å². The molecule has 3 saturated carbocycles. The molecule has 2 aromatic heterocycles. The number of hydrogen-bond acceptors (Lipinski definition) is 7. The molecule has 1 amide bonds. The Morgan fingerprint density at radius 1 is 1.06 bits per heavy atom. The molecule has 0 spiro atoms. The molecule has 3 aliphatic carbocycles. The van der Waals surface area contributed by atoms with E-state index in [9.17, 15) is 14.4 Å². The molecule has 4 aliphatic rings. The molecule has 0 aromatic carbocycles. The Balaban J connectivity index is 1.19. The number of ketones is 1. The third kappa shape index (κ3) is 4.50. The Morgan fingerprint density at radius 3 is 2.56 bits per heavy atom. The lowest BCUT2D eigenvalue weighted by Crippen LogP contribution is -2.40. The van der Waals surface area contributed by atoms with Gasteiger partial charge in [-0.1, -0.05) is 18.6 Å². The van der Waals surface area contributed by atoms with Crippen LogP contribution in [0.15, 0.2) is 45.7 Å². The van der Waals surface area contributed by atoms with Crippen LogP contribution in [0.1, 0.15) is 67.2 Å². The minimum Gasteiger partial charge on any atom is -0.455 e. The maximum absolute atomic E-state index is 13.4. The van der Waals surface area contributed by atoms with Gasteiger partial charge in [0.05, 0.1) is 17.7 Å². The maximum Gasteiger partial charge on any atom is 0.309 e. The van der Waals surface area contributed by atoms with E-state index in [-0.39, 0.29) is 48.2 Å². The lowest BCUT2D eigenvalue weighted by Gasteiger charge is -2.36. The molecular weight excluding hydrogens is 492 g/mol. The molecule has 0 N–H and O–H groups in total. The van der Waals surface area contributed by atoms with Crippen molar-refractivity contribution in [3.63, 3.8) is 0 Å². The van der Waals surface area contributed by atoms with E-state index in [0.717, 1.165) is 49.1 Å². The van der Waals surface area contributed by atoms with Gasteiger partial charge in [0.15, 0.2) is 6.61 Å². The monoisotopic (exact) mass is 522 g/mol. The number of carbonyl (C=O) groups is 3. The number of Topliss-reactive ketones (excluding diaryl/α,β-unsaturated/α-hetero) is 1. The zero-order valence-corrected chi connectivity index (χ0v) is 21.8. The highest BCUT2D eigenvalue weighted by atomic mass is 32.1. The fraction of sp³-hybridized carbons (Fsp3) is 0.500. The van der Waals surface area contributed by atoms with Gasteiger partial charge in [0.2, 0.25) is 0 Å². The number of ether oxygens (including phenoxy) is 1. The molecule has 0 radical (unpaired) electrons. The normalized spacial score (nSPS) is 30.7. The third-order valence-corrected chi connectivity index (χ3v) is 9.93. The van der Waals surface area contributed by atoms with Crippen molar-refractivity contribution in [2.24, 2.45) is 28.8 Å². The lowest BCUT2D eigenvalue weighted by atomic mass is 9.67. The first-order chi connectivity index (χ1) is 17.6. The molecule has 1 aliphatic heterocycles. The summed E-state index contributed by atoms with van der Waals surface area (Å²) in [5.41, 5.74) is 2.19. The highest BCUT2D eigenvalue weighted by Gasteiger charge is 2.45. The van der Waals surface area contributed by atoms with Crippen molar-refractivity contribution >= 4 is 52.1 Å². The number of hydrazone groups is 1. The van der Waals surface area contributed by atoms with Gasteiger partial charge in [-0.2, -0.15) is 5.10 Å². The topological polar surface area (TPSA) is 76.0 Å². The average Bonchev–Trinajstić information content (AvgIpc) is 3.63. The zero-order valence-electron chi connectivity index (χ0n) is 20.1. The quantitative estimate of drug-likeness (QED) is 0.460. The Morgan fingerprint density at radius 2 is 1.83 bits per heavy atom. The molecule has 5 atom stereocenters. The van der Waals surface area contributed by atoms with Crippen molar-refractivity contribution in [1.29, 1.82) is 0 Å². The second kappa shape index (κ2) is 10.1. The predicted octanol–water partition coefficient (Wildman–Crippen LogP) is 5.87. The molecule has 1 unspecified atom stereocenters. The summed E-state index contributed by atoms with van der Waals surface area (Å²) in [6.07, 6.45) is 9.11. The third-order valence-electron chi connectivity index (χ3n) is 8.17. The van der Waals surface area contributed by atoms with Crippen LogP contribution in [-0.2, 0) is 19.1 Å². The first-order valence-corrected chi connectivity index (χ1v) is 14.7. The van der Waals surface area contributed by atoms with E-state index < -0.39 is 0 Å². The molecule has 188 valence electrons. The summed E-state index contributed by atoms with van der Waals surface area (Å²) in [4.78, 5) is 41.0. The van der Waals surface area contributed by atoms with Gasteiger partial charge in [-0.3, -0.25) is 14.4 Å². The van der Waals surface area contributed by atoms with Crippen LogP contribution in [0.4, 0.5) is 0 Å². The average molecular weight is 523 g/mol. The molecule has 2 aromatic rings. The zero-order chi connectivity index (χ0) is 24.6. The van der Waals surface area contributed by atoms with Gasteiger partial charge in [0, 0.05) is 27.5 Å². The molecular formula is C28H30N2O4S2. The van der Waals surface area contributed by atoms with Crippen molar-refractivity contribution in [1.82, 2.24) is 5.01 Å². The number of fused-ring (bicyclic) bond motifs is 3. The number of allylic oxidation sites excluding steroid dienone is 1. The summed E-state index contributed by atoms with van der Waals surface area (Å²) in [7, 11) is 0. The van der Waals surface area contributed by atoms with E-state index >= 15 is 0 Å². The van der Waals surface area contributed by atoms with Crippen molar-refractivity contribution in [3.05, 3.63) is 50.4 Å². The number of esters is 1. The maximum atomic E-state index is 13.4. The Kier molecular flexibility index (Phi) is 6.65. The highest BCUT2D eigenvalue weighted by molar-refractivity contribution is 7.11. The summed E-state index contributed by atoms with van der Waals surface area (Å²) in [6.45, 7) is -0.312. The van der Waals surface area contributed by atoms with E-state index in [0.29, 0.717) is 18.6 Å². The number of rotatable bonds is 5. The lowest BCUT2D eigenvalue weighted by molar-refractivity contribution is -0.159. The van der Waals surface area contributed by atoms with Gasteiger partial charge in [0.1, 0.15) is 5.78 Å². The standard InChI is InChI=1S/C28H30N2O4S2/c31-24(16-34-28(33)20-13-18-6-1-7-19(14-20)27(18)32)30-26(23-10-4-12-36-23)22-9-2-5-17(25(22)29-30)15-21-8-3-11-35-21/h3-4,8,10-12,15,18-20,22,26H,1-2,5-7,9,13-14,16H2/b17-15-/t18-,19+,20?,22-,26+/m0/s1. The smallest absolute Gasteiger partial charge is 0.309 e. The van der Waals surface area contributed by atoms with E-state index in [1.165, 1.54) is 10.5 Å². The minimum atomic E-state index is -0.344. The number of thiophene rings is 2. The molecule has 2 bridgehead atoms. The largest absolute Gasteiger partial charge is 0.455 e. The van der Waals surface area contributed by atoms with Crippen LogP contribution in [0.25, 0.3) is 6.08 Å². The Bertz CT molecular complexity index is 1180. The molecule has 0 saturated heterocycles. The summed E-state index contributed by atoms with van der Waals surface area (Å²) < 4.78 is 5.57. The molecule has 3 fully saturated rings. The van der Waals surface area contributed by atoms with Crippen LogP contribution in [0.2, 0.25) is 0 Å².